The number of hydrogen-bond acceptors (Lipinski definition) is 8. The minimum atomic E-state index is -4.77. The van der Waals surface area contributed by atoms with Crippen LogP contribution in [0, 0.1) is 5.92 Å². The topological polar surface area (TPSA) is 99.5 Å². The van der Waals surface area contributed by atoms with Crippen LogP contribution in [0.3, 0.4) is 0 Å². The SMILES string of the molecule is C[C@@H](COCCC(=O)N1CCN(c2ncc(Cl)s2)CC1)N=C1C=NNC(=O)C1C(F)(F)F. The molecule has 2 aliphatic rings. The molecule has 1 aromatic rings. The Labute approximate surface area is 191 Å². The van der Waals surface area contributed by atoms with Crippen LogP contribution in [0.2, 0.25) is 4.34 Å². The summed E-state index contributed by atoms with van der Waals surface area (Å²) in [5.74, 6) is -3.69. The molecule has 0 radical (unpaired) electrons. The number of rotatable bonds is 7. The first-order valence-electron chi connectivity index (χ1n) is 9.84. The van der Waals surface area contributed by atoms with Gasteiger partial charge in [0.25, 0.3) is 5.91 Å². The summed E-state index contributed by atoms with van der Waals surface area (Å²) in [7, 11) is 0. The zero-order valence-corrected chi connectivity index (χ0v) is 18.7. The van der Waals surface area contributed by atoms with Gasteiger partial charge in [-0.2, -0.15) is 18.3 Å². The smallest absolute Gasteiger partial charge is 0.379 e. The van der Waals surface area contributed by atoms with E-state index in [0.29, 0.717) is 30.5 Å². The average Bonchev–Trinajstić information content (AvgIpc) is 3.16. The maximum atomic E-state index is 13.1. The number of nitrogens with zero attached hydrogens (tertiary/aromatic N) is 5. The fourth-order valence-electron chi connectivity index (χ4n) is 3.26. The second-order valence-electron chi connectivity index (χ2n) is 7.25. The van der Waals surface area contributed by atoms with Gasteiger partial charge in [0.05, 0.1) is 43.8 Å². The van der Waals surface area contributed by atoms with Gasteiger partial charge in [-0.15, -0.1) is 0 Å². The van der Waals surface area contributed by atoms with Crippen molar-refractivity contribution >= 4 is 51.8 Å². The van der Waals surface area contributed by atoms with Gasteiger partial charge in [-0.3, -0.25) is 14.6 Å². The van der Waals surface area contributed by atoms with Crippen molar-refractivity contribution in [1.82, 2.24) is 15.3 Å². The molecule has 32 heavy (non-hydrogen) atoms. The van der Waals surface area contributed by atoms with E-state index >= 15 is 0 Å². The fraction of sp³-hybridized carbons (Fsp3) is 0.611. The molecule has 9 nitrogen and oxygen atoms in total. The summed E-state index contributed by atoms with van der Waals surface area (Å²) in [6, 6.07) is -0.643. The van der Waals surface area contributed by atoms with Crippen LogP contribution in [-0.4, -0.2) is 85.2 Å². The zero-order valence-electron chi connectivity index (χ0n) is 17.1. The van der Waals surface area contributed by atoms with Gasteiger partial charge in [0.1, 0.15) is 4.34 Å². The van der Waals surface area contributed by atoms with E-state index in [1.807, 2.05) is 0 Å². The van der Waals surface area contributed by atoms with E-state index in [1.54, 1.807) is 23.4 Å². The maximum absolute atomic E-state index is 13.1. The monoisotopic (exact) mass is 494 g/mol. The Morgan fingerprint density at radius 3 is 2.75 bits per heavy atom. The van der Waals surface area contributed by atoms with Gasteiger partial charge in [0, 0.05) is 26.2 Å². The fourth-order valence-corrected chi connectivity index (χ4v) is 4.21. The van der Waals surface area contributed by atoms with Crippen LogP contribution in [0.5, 0.6) is 0 Å². The molecule has 3 rings (SSSR count). The van der Waals surface area contributed by atoms with Crippen molar-refractivity contribution in [1.29, 1.82) is 0 Å². The van der Waals surface area contributed by atoms with Gasteiger partial charge in [-0.1, -0.05) is 22.9 Å². The summed E-state index contributed by atoms with van der Waals surface area (Å²) in [5, 5.41) is 4.22. The highest BCUT2D eigenvalue weighted by atomic mass is 35.5. The molecule has 14 heteroatoms. The standard InChI is InChI=1S/C18H22ClF3N6O3S/c1-11(25-12-8-24-26-16(30)15(12)18(20,21)22)10-31-7-2-14(29)27-3-5-28(6-4-27)17-23-9-13(19)32-17/h8-9,11,15H,2-7,10H2,1H3,(H,26,30)/t11-,15?/m0/s1. The molecule has 2 atom stereocenters. The van der Waals surface area contributed by atoms with E-state index in [0.717, 1.165) is 11.3 Å². The minimum absolute atomic E-state index is 0.00933. The Hall–Kier alpha value is -2.25. The number of nitrogens with one attached hydrogen (secondary N) is 1. The van der Waals surface area contributed by atoms with Gasteiger partial charge >= 0.3 is 6.18 Å². The third-order valence-electron chi connectivity index (χ3n) is 4.81. The number of aromatic nitrogens is 1. The third kappa shape index (κ3) is 6.39. The lowest BCUT2D eigenvalue weighted by atomic mass is 10.0. The van der Waals surface area contributed by atoms with Gasteiger partial charge < -0.3 is 14.5 Å². The Morgan fingerprint density at radius 2 is 2.12 bits per heavy atom. The number of hydrogen-bond donors (Lipinski definition) is 1. The summed E-state index contributed by atoms with van der Waals surface area (Å²) in [5.41, 5.74) is 1.33. The van der Waals surface area contributed by atoms with Crippen LogP contribution in [0.1, 0.15) is 13.3 Å². The second kappa shape index (κ2) is 10.6. The van der Waals surface area contributed by atoms with Gasteiger partial charge in [0.15, 0.2) is 11.0 Å². The molecule has 176 valence electrons. The Kier molecular flexibility index (Phi) is 8.06. The van der Waals surface area contributed by atoms with Gasteiger partial charge in [-0.25, -0.2) is 10.4 Å². The Bertz CT molecular complexity index is 886. The first-order chi connectivity index (χ1) is 15.1. The molecular weight excluding hydrogens is 473 g/mol. The van der Waals surface area contributed by atoms with Crippen LogP contribution in [-0.2, 0) is 14.3 Å². The third-order valence-corrected chi connectivity index (χ3v) is 5.99. The van der Waals surface area contributed by atoms with Crippen LogP contribution in [0.4, 0.5) is 18.3 Å². The van der Waals surface area contributed by atoms with E-state index < -0.39 is 29.8 Å². The minimum Gasteiger partial charge on any atom is -0.379 e. The number of carbonyl (C=O) groups is 2. The molecule has 1 saturated heterocycles. The molecule has 0 bridgehead atoms. The van der Waals surface area contributed by atoms with Gasteiger partial charge in [0.2, 0.25) is 5.91 Å². The predicted octanol–water partition coefficient (Wildman–Crippen LogP) is 1.98. The zero-order chi connectivity index (χ0) is 23.3. The highest BCUT2D eigenvalue weighted by molar-refractivity contribution is 7.19. The molecule has 1 N–H and O–H groups in total. The quantitative estimate of drug-likeness (QED) is 0.584. The molecule has 2 amide bonds. The number of alkyl halides is 3. The lowest BCUT2D eigenvalue weighted by molar-refractivity contribution is -0.168. The molecule has 2 aliphatic heterocycles. The lowest BCUT2D eigenvalue weighted by Crippen LogP contribution is -2.49. The van der Waals surface area contributed by atoms with Crippen molar-refractivity contribution < 1.29 is 27.5 Å². The largest absolute Gasteiger partial charge is 0.406 e. The van der Waals surface area contributed by atoms with Crippen molar-refractivity contribution in [2.24, 2.45) is 16.0 Å². The van der Waals surface area contributed by atoms with Crippen molar-refractivity contribution in [3.8, 4) is 0 Å². The van der Waals surface area contributed by atoms with E-state index in [2.05, 4.69) is 20.0 Å². The number of anilines is 1. The molecule has 0 spiro atoms. The summed E-state index contributed by atoms with van der Waals surface area (Å²) in [6.45, 7) is 4.11. The number of thiazole rings is 1. The molecular formula is C18H22ClF3N6O3S. The van der Waals surface area contributed by atoms with E-state index in [9.17, 15) is 22.8 Å². The van der Waals surface area contributed by atoms with Crippen molar-refractivity contribution in [2.45, 2.75) is 25.6 Å². The molecule has 0 aliphatic carbocycles. The van der Waals surface area contributed by atoms with Crippen LogP contribution >= 0.6 is 22.9 Å². The van der Waals surface area contributed by atoms with E-state index in [-0.39, 0.29) is 25.5 Å². The number of carbonyl (C=O) groups excluding carboxylic acids is 2. The van der Waals surface area contributed by atoms with E-state index in [4.69, 9.17) is 16.3 Å². The molecule has 1 fully saturated rings. The summed E-state index contributed by atoms with van der Waals surface area (Å²) >= 11 is 7.30. The highest BCUT2D eigenvalue weighted by Gasteiger charge is 2.49. The number of ether oxygens (including phenoxy) is 1. The van der Waals surface area contributed by atoms with Crippen molar-refractivity contribution in [2.75, 3.05) is 44.3 Å². The Morgan fingerprint density at radius 1 is 1.41 bits per heavy atom. The highest BCUT2D eigenvalue weighted by Crippen LogP contribution is 2.29. The molecule has 1 aromatic heterocycles. The van der Waals surface area contributed by atoms with Crippen LogP contribution in [0.25, 0.3) is 0 Å². The number of aliphatic imine (C=N–C) groups is 1. The van der Waals surface area contributed by atoms with Crippen LogP contribution in [0.15, 0.2) is 16.3 Å². The van der Waals surface area contributed by atoms with Crippen LogP contribution < -0.4 is 10.3 Å². The molecule has 0 aromatic carbocycles. The number of halogens is 4. The normalized spacial score (nSPS) is 21.7. The summed E-state index contributed by atoms with van der Waals surface area (Å²) in [4.78, 5) is 35.9. The van der Waals surface area contributed by atoms with E-state index in [1.165, 1.54) is 11.3 Å². The van der Waals surface area contributed by atoms with Crippen molar-refractivity contribution in [3.05, 3.63) is 10.5 Å². The lowest BCUT2D eigenvalue weighted by Gasteiger charge is -2.34. The van der Waals surface area contributed by atoms with Crippen molar-refractivity contribution in [3.63, 3.8) is 0 Å². The number of hydrazone groups is 1. The second-order valence-corrected chi connectivity index (χ2v) is 8.89. The maximum Gasteiger partial charge on any atom is 0.406 e. The average molecular weight is 495 g/mol. The molecule has 1 unspecified atom stereocenters. The number of piperazine rings is 1. The first kappa shape index (κ1) is 24.4. The number of amides is 2. The predicted molar refractivity (Wildman–Crippen MR) is 114 cm³/mol. The first-order valence-corrected chi connectivity index (χ1v) is 11.0. The van der Waals surface area contributed by atoms with Gasteiger partial charge in [-0.05, 0) is 6.92 Å². The Balaban J connectivity index is 1.40. The summed E-state index contributed by atoms with van der Waals surface area (Å²) in [6.07, 6.45) is -2.13. The molecule has 0 saturated carbocycles. The summed E-state index contributed by atoms with van der Waals surface area (Å²) < 4.78 is 45.3. The molecule has 3 heterocycles.